The zero-order valence-electron chi connectivity index (χ0n) is 6.93. The van der Waals surface area contributed by atoms with Gasteiger partial charge < -0.3 is 10.3 Å². The van der Waals surface area contributed by atoms with Crippen LogP contribution in [0.15, 0.2) is 29.2 Å². The first-order valence-corrected chi connectivity index (χ1v) is 5.72. The Kier molecular flexibility index (Phi) is 5.35. The number of rotatable bonds is 2. The van der Waals surface area contributed by atoms with Gasteiger partial charge in [0.2, 0.25) is 0 Å². The fraction of sp³-hybridized carbons (Fsp3) is 0. The monoisotopic (exact) mass is 227 g/mol. The summed E-state index contributed by atoms with van der Waals surface area (Å²) in [6.07, 6.45) is 0. The molecule has 66 valence electrons. The van der Waals surface area contributed by atoms with E-state index in [9.17, 15) is 13.0 Å². The minimum Gasteiger partial charge on any atom is -0.739 e. The summed E-state index contributed by atoms with van der Waals surface area (Å²) in [6.45, 7) is 0. The van der Waals surface area contributed by atoms with Gasteiger partial charge in [0.05, 0.1) is 0 Å². The SMILES string of the molecule is Nc1ccc(SS(=O)(=O)[O-])cc1.[Na+]. The summed E-state index contributed by atoms with van der Waals surface area (Å²) in [6, 6.07) is 6.03. The quantitative estimate of drug-likeness (QED) is 0.269. The van der Waals surface area contributed by atoms with E-state index in [0.717, 1.165) is 0 Å². The Labute approximate surface area is 102 Å². The predicted octanol–water partition coefficient (Wildman–Crippen LogP) is -2.17. The summed E-state index contributed by atoms with van der Waals surface area (Å²) >= 11 is 0. The Hall–Kier alpha value is 0.280. The third-order valence-electron chi connectivity index (χ3n) is 1.08. The van der Waals surface area contributed by atoms with Crippen molar-refractivity contribution >= 4 is 25.6 Å². The van der Waals surface area contributed by atoms with Crippen LogP contribution >= 0.6 is 10.8 Å². The number of nitrogens with two attached hydrogens (primary N) is 1. The zero-order valence-corrected chi connectivity index (χ0v) is 10.6. The van der Waals surface area contributed by atoms with Gasteiger partial charge in [-0.05, 0) is 35.1 Å². The summed E-state index contributed by atoms with van der Waals surface area (Å²) < 4.78 is 30.8. The second kappa shape index (κ2) is 5.23. The molecule has 1 rings (SSSR count). The van der Waals surface area contributed by atoms with Crippen LogP contribution in [0.3, 0.4) is 0 Å². The molecule has 0 radical (unpaired) electrons. The molecule has 0 aliphatic carbocycles. The smallest absolute Gasteiger partial charge is 0.739 e. The molecule has 0 aliphatic heterocycles. The van der Waals surface area contributed by atoms with Crippen LogP contribution in [-0.4, -0.2) is 13.0 Å². The van der Waals surface area contributed by atoms with Gasteiger partial charge in [-0.25, -0.2) is 8.42 Å². The minimum atomic E-state index is -4.26. The van der Waals surface area contributed by atoms with E-state index in [1.807, 2.05) is 0 Å². The molecule has 0 amide bonds. The van der Waals surface area contributed by atoms with Crippen molar-refractivity contribution in [3.8, 4) is 0 Å². The Morgan fingerprint density at radius 1 is 1.23 bits per heavy atom. The Morgan fingerprint density at radius 3 is 2.08 bits per heavy atom. The van der Waals surface area contributed by atoms with Gasteiger partial charge in [-0.3, -0.25) is 0 Å². The molecule has 0 bridgehead atoms. The molecule has 0 saturated heterocycles. The van der Waals surface area contributed by atoms with Gasteiger partial charge in [-0.1, -0.05) is 0 Å². The van der Waals surface area contributed by atoms with E-state index in [0.29, 0.717) is 10.6 Å². The van der Waals surface area contributed by atoms with Gasteiger partial charge in [0.25, 0.3) is 0 Å². The molecular weight excluding hydrogens is 221 g/mol. The number of hydrogen-bond acceptors (Lipinski definition) is 5. The average molecular weight is 227 g/mol. The number of nitrogen functional groups attached to an aromatic ring is 1. The van der Waals surface area contributed by atoms with E-state index in [2.05, 4.69) is 0 Å². The van der Waals surface area contributed by atoms with Crippen molar-refractivity contribution in [2.45, 2.75) is 4.90 Å². The zero-order chi connectivity index (χ0) is 9.19. The molecule has 1 aromatic rings. The van der Waals surface area contributed by atoms with Crippen molar-refractivity contribution in [3.05, 3.63) is 24.3 Å². The molecule has 0 unspecified atom stereocenters. The molecule has 0 aliphatic rings. The van der Waals surface area contributed by atoms with Crippen LogP contribution in [0, 0.1) is 0 Å². The Bertz CT molecular complexity index is 362. The number of benzene rings is 1. The fourth-order valence-corrected chi connectivity index (χ4v) is 2.16. The summed E-state index contributed by atoms with van der Waals surface area (Å²) in [7, 11) is -3.99. The molecule has 2 N–H and O–H groups in total. The number of anilines is 1. The van der Waals surface area contributed by atoms with Crippen LogP contribution < -0.4 is 35.3 Å². The maximum absolute atomic E-state index is 10.3. The molecule has 1 aromatic carbocycles. The van der Waals surface area contributed by atoms with Crippen molar-refractivity contribution < 1.29 is 42.5 Å². The van der Waals surface area contributed by atoms with Gasteiger partial charge in [0.15, 0.2) is 9.15 Å². The Balaban J connectivity index is 0.00000144. The van der Waals surface area contributed by atoms with Gasteiger partial charge >= 0.3 is 29.6 Å². The van der Waals surface area contributed by atoms with E-state index < -0.39 is 9.15 Å². The predicted molar refractivity (Wildman–Crippen MR) is 46.4 cm³/mol. The topological polar surface area (TPSA) is 83.2 Å². The molecule has 7 heteroatoms. The fourth-order valence-electron chi connectivity index (χ4n) is 0.641. The largest absolute Gasteiger partial charge is 1.00 e. The molecule has 0 aromatic heterocycles. The van der Waals surface area contributed by atoms with E-state index in [1.54, 1.807) is 0 Å². The third-order valence-corrected chi connectivity index (χ3v) is 2.94. The van der Waals surface area contributed by atoms with Crippen LogP contribution in [0.25, 0.3) is 0 Å². The van der Waals surface area contributed by atoms with Gasteiger partial charge in [-0.2, -0.15) is 0 Å². The molecule has 0 spiro atoms. The van der Waals surface area contributed by atoms with E-state index in [1.165, 1.54) is 24.3 Å². The third kappa shape index (κ3) is 5.56. The van der Waals surface area contributed by atoms with Crippen LogP contribution in [0.2, 0.25) is 0 Å². The summed E-state index contributed by atoms with van der Waals surface area (Å²) in [5.41, 5.74) is 5.88. The van der Waals surface area contributed by atoms with Crippen LogP contribution in [0.5, 0.6) is 0 Å². The van der Waals surface area contributed by atoms with Gasteiger partial charge in [-0.15, -0.1) is 0 Å². The van der Waals surface area contributed by atoms with Crippen molar-refractivity contribution in [3.63, 3.8) is 0 Å². The van der Waals surface area contributed by atoms with Gasteiger partial charge in [0.1, 0.15) is 0 Å². The molecular formula is C6H6NNaO3S2. The normalized spacial score (nSPS) is 10.5. The van der Waals surface area contributed by atoms with E-state index in [4.69, 9.17) is 5.73 Å². The first-order valence-electron chi connectivity index (χ1n) is 2.98. The van der Waals surface area contributed by atoms with Crippen LogP contribution in [-0.2, 0) is 9.15 Å². The van der Waals surface area contributed by atoms with Gasteiger partial charge in [0, 0.05) is 10.6 Å². The van der Waals surface area contributed by atoms with E-state index >= 15 is 0 Å². The standard InChI is InChI=1S/C6H7NO3S2.Na/c7-5-1-3-6(4-2-5)11-12(8,9)10;/h1-4H,7H2,(H,8,9,10);/q;+1/p-1. The maximum atomic E-state index is 10.3. The van der Waals surface area contributed by atoms with Crippen molar-refractivity contribution in [1.82, 2.24) is 0 Å². The Morgan fingerprint density at radius 2 is 1.69 bits per heavy atom. The van der Waals surface area contributed by atoms with E-state index in [-0.39, 0.29) is 40.4 Å². The second-order valence-electron chi connectivity index (χ2n) is 2.06. The molecule has 4 nitrogen and oxygen atoms in total. The summed E-state index contributed by atoms with van der Waals surface area (Å²) in [5.74, 6) is 0. The first-order chi connectivity index (χ1) is 5.47. The summed E-state index contributed by atoms with van der Waals surface area (Å²) in [5, 5.41) is 0. The average Bonchev–Trinajstić information content (AvgIpc) is 1.91. The van der Waals surface area contributed by atoms with Crippen molar-refractivity contribution in [1.29, 1.82) is 0 Å². The van der Waals surface area contributed by atoms with Crippen LogP contribution in [0.1, 0.15) is 0 Å². The van der Waals surface area contributed by atoms with Crippen molar-refractivity contribution in [2.24, 2.45) is 0 Å². The first kappa shape index (κ1) is 13.3. The molecule has 13 heavy (non-hydrogen) atoms. The van der Waals surface area contributed by atoms with Crippen molar-refractivity contribution in [2.75, 3.05) is 5.73 Å². The maximum Gasteiger partial charge on any atom is 1.00 e. The molecule has 0 fully saturated rings. The number of hydrogen-bond donors (Lipinski definition) is 1. The molecule has 0 atom stereocenters. The minimum absolute atomic E-state index is 0. The molecule has 0 saturated carbocycles. The molecule has 0 heterocycles. The van der Waals surface area contributed by atoms with Crippen LogP contribution in [0.4, 0.5) is 5.69 Å². The second-order valence-corrected chi connectivity index (χ2v) is 5.24. The summed E-state index contributed by atoms with van der Waals surface area (Å²) in [4.78, 5) is 0.374.